The lowest BCUT2D eigenvalue weighted by Gasteiger charge is -2.18. The van der Waals surface area contributed by atoms with Gasteiger partial charge in [-0.1, -0.05) is 36.4 Å². The van der Waals surface area contributed by atoms with Gasteiger partial charge in [0.05, 0.1) is 19.3 Å². The second kappa shape index (κ2) is 8.36. The number of amides is 2. The highest BCUT2D eigenvalue weighted by molar-refractivity contribution is 5.74. The average molecular weight is 328 g/mol. The van der Waals surface area contributed by atoms with Gasteiger partial charge in [0, 0.05) is 6.54 Å². The first-order valence-corrected chi connectivity index (χ1v) is 7.93. The topological polar surface area (TPSA) is 70.6 Å². The van der Waals surface area contributed by atoms with Gasteiger partial charge in [-0.2, -0.15) is 0 Å². The van der Waals surface area contributed by atoms with Gasteiger partial charge in [-0.05, 0) is 42.7 Å². The molecule has 0 spiro atoms. The highest BCUT2D eigenvalue weighted by atomic mass is 16.5. The fourth-order valence-electron chi connectivity index (χ4n) is 2.55. The van der Waals surface area contributed by atoms with E-state index in [2.05, 4.69) is 10.6 Å². The van der Waals surface area contributed by atoms with E-state index >= 15 is 0 Å². The van der Waals surface area contributed by atoms with Gasteiger partial charge in [-0.3, -0.25) is 0 Å². The van der Waals surface area contributed by atoms with Gasteiger partial charge in [0.15, 0.2) is 0 Å². The van der Waals surface area contributed by atoms with Gasteiger partial charge in [-0.25, -0.2) is 4.79 Å². The highest BCUT2D eigenvalue weighted by Gasteiger charge is 2.13. The standard InChI is InChI=1S/C19H24N2O3/c1-13-7-4-5-10-17(13)14(2)21-19(23)20-12-18(22)15-8-6-9-16(11-15)24-3/h4-11,14,18,22H,12H2,1-3H3,(H2,20,21,23). The Morgan fingerprint density at radius 3 is 2.67 bits per heavy atom. The summed E-state index contributed by atoms with van der Waals surface area (Å²) >= 11 is 0. The van der Waals surface area contributed by atoms with Crippen molar-refractivity contribution < 1.29 is 14.6 Å². The molecule has 0 aliphatic rings. The Morgan fingerprint density at radius 2 is 1.96 bits per heavy atom. The maximum absolute atomic E-state index is 12.0. The minimum atomic E-state index is -0.792. The Hall–Kier alpha value is -2.53. The summed E-state index contributed by atoms with van der Waals surface area (Å²) in [5.74, 6) is 0.671. The predicted molar refractivity (Wildman–Crippen MR) is 94.1 cm³/mol. The quantitative estimate of drug-likeness (QED) is 0.763. The molecule has 0 radical (unpaired) electrons. The van der Waals surface area contributed by atoms with E-state index in [0.717, 1.165) is 11.1 Å². The van der Waals surface area contributed by atoms with E-state index < -0.39 is 6.10 Å². The number of hydrogen-bond donors (Lipinski definition) is 3. The minimum absolute atomic E-state index is 0.111. The van der Waals surface area contributed by atoms with E-state index in [1.807, 2.05) is 38.1 Å². The zero-order chi connectivity index (χ0) is 17.5. The number of hydrogen-bond acceptors (Lipinski definition) is 3. The number of benzene rings is 2. The number of aliphatic hydroxyl groups is 1. The van der Waals surface area contributed by atoms with Gasteiger partial charge in [0.25, 0.3) is 0 Å². The Bertz CT molecular complexity index is 688. The van der Waals surface area contributed by atoms with Crippen LogP contribution >= 0.6 is 0 Å². The Labute approximate surface area is 142 Å². The molecule has 2 aromatic carbocycles. The van der Waals surface area contributed by atoms with Crippen LogP contribution in [0.15, 0.2) is 48.5 Å². The van der Waals surface area contributed by atoms with Gasteiger partial charge in [0.2, 0.25) is 0 Å². The molecule has 128 valence electrons. The van der Waals surface area contributed by atoms with E-state index in [1.54, 1.807) is 31.4 Å². The zero-order valence-electron chi connectivity index (χ0n) is 14.2. The lowest BCUT2D eigenvalue weighted by atomic mass is 10.0. The third-order valence-corrected chi connectivity index (χ3v) is 3.94. The van der Waals surface area contributed by atoms with Crippen molar-refractivity contribution in [2.45, 2.75) is 26.0 Å². The zero-order valence-corrected chi connectivity index (χ0v) is 14.2. The normalized spacial score (nSPS) is 13.0. The number of carbonyl (C=O) groups excluding carboxylic acids is 1. The monoisotopic (exact) mass is 328 g/mol. The van der Waals surface area contributed by atoms with E-state index in [-0.39, 0.29) is 18.6 Å². The van der Waals surface area contributed by atoms with Crippen LogP contribution in [0.2, 0.25) is 0 Å². The van der Waals surface area contributed by atoms with E-state index in [0.29, 0.717) is 11.3 Å². The molecule has 2 rings (SSSR count). The van der Waals surface area contributed by atoms with Crippen LogP contribution in [0, 0.1) is 6.92 Å². The Morgan fingerprint density at radius 1 is 1.21 bits per heavy atom. The molecule has 0 aromatic heterocycles. The minimum Gasteiger partial charge on any atom is -0.497 e. The van der Waals surface area contributed by atoms with Gasteiger partial charge < -0.3 is 20.5 Å². The van der Waals surface area contributed by atoms with E-state index in [4.69, 9.17) is 4.74 Å². The second-order valence-electron chi connectivity index (χ2n) is 5.73. The number of ether oxygens (including phenoxy) is 1. The molecule has 5 nitrogen and oxygen atoms in total. The average Bonchev–Trinajstić information content (AvgIpc) is 2.60. The van der Waals surface area contributed by atoms with Crippen LogP contribution in [0.4, 0.5) is 4.79 Å². The summed E-state index contributed by atoms with van der Waals surface area (Å²) in [7, 11) is 1.57. The summed E-state index contributed by atoms with van der Waals surface area (Å²) in [6, 6.07) is 14.7. The van der Waals surface area contributed by atoms with Crippen molar-refractivity contribution in [3.8, 4) is 5.75 Å². The number of methoxy groups -OCH3 is 1. The van der Waals surface area contributed by atoms with Crippen LogP contribution in [0.5, 0.6) is 5.75 Å². The lowest BCUT2D eigenvalue weighted by Crippen LogP contribution is -2.39. The third kappa shape index (κ3) is 4.73. The molecule has 3 N–H and O–H groups in total. The van der Waals surface area contributed by atoms with Crippen LogP contribution in [0.25, 0.3) is 0 Å². The molecule has 2 unspecified atom stereocenters. The number of aliphatic hydroxyl groups excluding tert-OH is 1. The Kier molecular flexibility index (Phi) is 6.21. The summed E-state index contributed by atoms with van der Waals surface area (Å²) in [5, 5.41) is 15.8. The molecule has 0 fully saturated rings. The van der Waals surface area contributed by atoms with Crippen molar-refractivity contribution >= 4 is 6.03 Å². The smallest absolute Gasteiger partial charge is 0.315 e. The van der Waals surface area contributed by atoms with Crippen LogP contribution < -0.4 is 15.4 Å². The van der Waals surface area contributed by atoms with E-state index in [9.17, 15) is 9.90 Å². The maximum Gasteiger partial charge on any atom is 0.315 e. The van der Waals surface area contributed by atoms with Crippen LogP contribution in [0.3, 0.4) is 0 Å². The van der Waals surface area contributed by atoms with Crippen molar-refractivity contribution in [1.82, 2.24) is 10.6 Å². The van der Waals surface area contributed by atoms with Crippen LogP contribution in [-0.2, 0) is 0 Å². The van der Waals surface area contributed by atoms with E-state index in [1.165, 1.54) is 0 Å². The fraction of sp³-hybridized carbons (Fsp3) is 0.316. The molecule has 24 heavy (non-hydrogen) atoms. The van der Waals surface area contributed by atoms with Crippen molar-refractivity contribution in [3.05, 3.63) is 65.2 Å². The molecular weight excluding hydrogens is 304 g/mol. The molecular formula is C19H24N2O3. The molecule has 0 aliphatic carbocycles. The first-order valence-electron chi connectivity index (χ1n) is 7.93. The molecule has 2 atom stereocenters. The first-order chi connectivity index (χ1) is 11.5. The SMILES string of the molecule is COc1cccc(C(O)CNC(=O)NC(C)c2ccccc2C)c1. The molecule has 0 saturated heterocycles. The number of aryl methyl sites for hydroxylation is 1. The summed E-state index contributed by atoms with van der Waals surface area (Å²) in [5.41, 5.74) is 2.89. The highest BCUT2D eigenvalue weighted by Crippen LogP contribution is 2.19. The maximum atomic E-state index is 12.0. The molecule has 0 bridgehead atoms. The molecule has 0 aliphatic heterocycles. The lowest BCUT2D eigenvalue weighted by molar-refractivity contribution is 0.172. The number of rotatable bonds is 6. The number of urea groups is 1. The van der Waals surface area contributed by atoms with Gasteiger partial charge in [0.1, 0.15) is 5.75 Å². The molecule has 5 heteroatoms. The number of nitrogens with one attached hydrogen (secondary N) is 2. The fourth-order valence-corrected chi connectivity index (χ4v) is 2.55. The molecule has 2 amide bonds. The second-order valence-corrected chi connectivity index (χ2v) is 5.73. The Balaban J connectivity index is 1.87. The van der Waals surface area contributed by atoms with Crippen LogP contribution in [-0.4, -0.2) is 24.8 Å². The molecule has 0 saturated carbocycles. The molecule has 0 heterocycles. The summed E-state index contributed by atoms with van der Waals surface area (Å²) in [6.07, 6.45) is -0.792. The van der Waals surface area contributed by atoms with Crippen molar-refractivity contribution in [3.63, 3.8) is 0 Å². The third-order valence-electron chi connectivity index (χ3n) is 3.94. The first kappa shape index (κ1) is 17.8. The van der Waals surface area contributed by atoms with Crippen LogP contribution in [0.1, 0.15) is 35.8 Å². The van der Waals surface area contributed by atoms with Crippen molar-refractivity contribution in [1.29, 1.82) is 0 Å². The number of carbonyl (C=O) groups is 1. The van der Waals surface area contributed by atoms with Crippen molar-refractivity contribution in [2.24, 2.45) is 0 Å². The largest absolute Gasteiger partial charge is 0.497 e. The summed E-state index contributed by atoms with van der Waals surface area (Å²) < 4.78 is 5.13. The summed E-state index contributed by atoms with van der Waals surface area (Å²) in [4.78, 5) is 12.0. The predicted octanol–water partition coefficient (Wildman–Crippen LogP) is 3.10. The van der Waals surface area contributed by atoms with Gasteiger partial charge >= 0.3 is 6.03 Å². The van der Waals surface area contributed by atoms with Crippen molar-refractivity contribution in [2.75, 3.05) is 13.7 Å². The summed E-state index contributed by atoms with van der Waals surface area (Å²) in [6.45, 7) is 4.07. The molecule has 2 aromatic rings. The van der Waals surface area contributed by atoms with Gasteiger partial charge in [-0.15, -0.1) is 0 Å².